The Morgan fingerprint density at radius 1 is 1.39 bits per heavy atom. The van der Waals surface area contributed by atoms with Crippen molar-refractivity contribution in [2.24, 2.45) is 11.3 Å². The van der Waals surface area contributed by atoms with Crippen LogP contribution in [0.2, 0.25) is 0 Å². The number of piperidine rings is 1. The number of thioether (sulfide) groups is 1. The molecule has 3 rings (SSSR count). The summed E-state index contributed by atoms with van der Waals surface area (Å²) in [6.45, 7) is 2.55. The Kier molecular flexibility index (Phi) is 6.34. The van der Waals surface area contributed by atoms with Crippen molar-refractivity contribution in [2.75, 3.05) is 19.3 Å². The first kappa shape index (κ1) is 18.6. The van der Waals surface area contributed by atoms with E-state index >= 15 is 0 Å². The highest BCUT2D eigenvalue weighted by atomic mass is 35.5. The van der Waals surface area contributed by atoms with Gasteiger partial charge in [-0.25, -0.2) is 4.39 Å². The van der Waals surface area contributed by atoms with Gasteiger partial charge in [0.1, 0.15) is 5.82 Å². The van der Waals surface area contributed by atoms with E-state index in [1.165, 1.54) is 6.07 Å². The monoisotopic (exact) mass is 358 g/mol. The predicted molar refractivity (Wildman–Crippen MR) is 95.4 cm³/mol. The van der Waals surface area contributed by atoms with Crippen molar-refractivity contribution in [1.82, 2.24) is 10.6 Å². The molecule has 0 aromatic heterocycles. The number of hydrogen-bond acceptors (Lipinski definition) is 3. The minimum Gasteiger partial charge on any atom is -0.352 e. The third kappa shape index (κ3) is 4.20. The van der Waals surface area contributed by atoms with E-state index in [0.717, 1.165) is 49.2 Å². The lowest BCUT2D eigenvalue weighted by molar-refractivity contribution is -0.123. The Morgan fingerprint density at radius 3 is 2.83 bits per heavy atom. The van der Waals surface area contributed by atoms with Crippen molar-refractivity contribution in [3.05, 3.63) is 35.1 Å². The molecule has 0 radical (unpaired) electrons. The average Bonchev–Trinajstić information content (AvgIpc) is 3.20. The zero-order chi connectivity index (χ0) is 15.6. The average molecular weight is 359 g/mol. The molecule has 6 heteroatoms. The van der Waals surface area contributed by atoms with Crippen molar-refractivity contribution >= 4 is 30.1 Å². The van der Waals surface area contributed by atoms with Crippen molar-refractivity contribution < 1.29 is 9.18 Å². The fraction of sp³-hybridized carbons (Fsp3) is 0.588. The number of benzene rings is 1. The lowest BCUT2D eigenvalue weighted by Gasteiger charge is -2.23. The molecule has 1 aliphatic heterocycles. The molecule has 0 bridgehead atoms. The largest absolute Gasteiger partial charge is 0.352 e. The summed E-state index contributed by atoms with van der Waals surface area (Å²) in [5.41, 5.74) is 2.25. The van der Waals surface area contributed by atoms with E-state index in [4.69, 9.17) is 0 Å². The topological polar surface area (TPSA) is 41.1 Å². The second-order valence-corrected chi connectivity index (χ2v) is 7.30. The Labute approximate surface area is 147 Å². The molecule has 1 atom stereocenters. The quantitative estimate of drug-likeness (QED) is 0.849. The van der Waals surface area contributed by atoms with Crippen molar-refractivity contribution in [3.8, 4) is 0 Å². The highest BCUT2D eigenvalue weighted by Crippen LogP contribution is 2.58. The van der Waals surface area contributed by atoms with Gasteiger partial charge in [-0.3, -0.25) is 4.79 Å². The predicted octanol–water partition coefficient (Wildman–Crippen LogP) is 3.12. The van der Waals surface area contributed by atoms with Gasteiger partial charge >= 0.3 is 0 Å². The number of carbonyl (C=O) groups excluding carboxylic acids is 1. The molecule has 2 aliphatic rings. The maximum absolute atomic E-state index is 13.3. The molecule has 1 unspecified atom stereocenters. The second-order valence-electron chi connectivity index (χ2n) is 6.43. The van der Waals surface area contributed by atoms with Crippen LogP contribution in [-0.4, -0.2) is 25.3 Å². The van der Waals surface area contributed by atoms with Crippen LogP contribution in [0.15, 0.2) is 18.2 Å². The fourth-order valence-electron chi connectivity index (χ4n) is 3.56. The first-order valence-electron chi connectivity index (χ1n) is 7.89. The van der Waals surface area contributed by atoms with Gasteiger partial charge in [0.25, 0.3) is 0 Å². The van der Waals surface area contributed by atoms with E-state index in [1.807, 2.05) is 6.26 Å². The normalized spacial score (nSPS) is 21.6. The van der Waals surface area contributed by atoms with E-state index < -0.39 is 0 Å². The molecule has 1 aromatic carbocycles. The fourth-order valence-corrected chi connectivity index (χ4v) is 4.14. The number of carbonyl (C=O) groups is 1. The summed E-state index contributed by atoms with van der Waals surface area (Å²) in [5.74, 6) is 0.900. The third-order valence-electron chi connectivity index (χ3n) is 5.03. The third-order valence-corrected chi connectivity index (χ3v) is 5.63. The number of hydrogen-bond donors (Lipinski definition) is 2. The molecule has 1 saturated heterocycles. The van der Waals surface area contributed by atoms with Crippen LogP contribution in [-0.2, 0) is 17.1 Å². The summed E-state index contributed by atoms with van der Waals surface area (Å²) in [4.78, 5) is 12.4. The van der Waals surface area contributed by atoms with Gasteiger partial charge < -0.3 is 10.6 Å². The summed E-state index contributed by atoms with van der Waals surface area (Å²) >= 11 is 1.66. The Morgan fingerprint density at radius 2 is 2.13 bits per heavy atom. The lowest BCUT2D eigenvalue weighted by atomic mass is 9.92. The van der Waals surface area contributed by atoms with Gasteiger partial charge in [0.15, 0.2) is 0 Å². The molecule has 1 aromatic rings. The van der Waals surface area contributed by atoms with Gasteiger partial charge in [0.2, 0.25) is 5.91 Å². The smallest absolute Gasteiger partial charge is 0.223 e. The van der Waals surface area contributed by atoms with Crippen LogP contribution in [0.1, 0.15) is 30.4 Å². The summed E-state index contributed by atoms with van der Waals surface area (Å²) in [6.07, 6.45) is 5.25. The summed E-state index contributed by atoms with van der Waals surface area (Å²) < 4.78 is 13.3. The molecular formula is C17H24ClFN2OS. The Hall–Kier alpha value is -0.780. The van der Waals surface area contributed by atoms with Crippen molar-refractivity contribution in [2.45, 2.75) is 31.6 Å². The van der Waals surface area contributed by atoms with Crippen LogP contribution < -0.4 is 10.6 Å². The lowest BCUT2D eigenvalue weighted by Crippen LogP contribution is -2.33. The van der Waals surface area contributed by atoms with Gasteiger partial charge in [-0.1, -0.05) is 6.07 Å². The zero-order valence-corrected chi connectivity index (χ0v) is 15.0. The number of amides is 1. The molecule has 128 valence electrons. The Balaban J connectivity index is 0.00000192. The second kappa shape index (κ2) is 7.86. The van der Waals surface area contributed by atoms with Gasteiger partial charge in [0, 0.05) is 18.2 Å². The molecule has 1 amide bonds. The molecular weight excluding hydrogens is 335 g/mol. The highest BCUT2D eigenvalue weighted by molar-refractivity contribution is 7.97. The molecule has 1 aliphatic carbocycles. The minimum atomic E-state index is -0.213. The zero-order valence-electron chi connectivity index (χ0n) is 13.4. The van der Waals surface area contributed by atoms with E-state index in [9.17, 15) is 9.18 Å². The van der Waals surface area contributed by atoms with Crippen LogP contribution >= 0.6 is 24.2 Å². The molecule has 1 saturated carbocycles. The van der Waals surface area contributed by atoms with Gasteiger partial charge in [-0.05, 0) is 67.3 Å². The SMILES string of the molecule is CSCc1cc(F)ccc1CNC(=O)C1CC12CCNCC2.Cl. The van der Waals surface area contributed by atoms with E-state index in [1.54, 1.807) is 23.9 Å². The molecule has 1 heterocycles. The van der Waals surface area contributed by atoms with Gasteiger partial charge in [-0.15, -0.1) is 12.4 Å². The summed E-state index contributed by atoms with van der Waals surface area (Å²) in [5, 5.41) is 6.41. The molecule has 3 nitrogen and oxygen atoms in total. The molecule has 23 heavy (non-hydrogen) atoms. The number of rotatable bonds is 5. The maximum Gasteiger partial charge on any atom is 0.223 e. The van der Waals surface area contributed by atoms with E-state index in [-0.39, 0.29) is 35.5 Å². The van der Waals surface area contributed by atoms with Crippen LogP contribution in [0.3, 0.4) is 0 Å². The molecule has 1 spiro atoms. The first-order chi connectivity index (χ1) is 10.6. The van der Waals surface area contributed by atoms with Crippen LogP contribution in [0.5, 0.6) is 0 Å². The summed E-state index contributed by atoms with van der Waals surface area (Å²) in [7, 11) is 0. The van der Waals surface area contributed by atoms with Crippen molar-refractivity contribution in [3.63, 3.8) is 0 Å². The van der Waals surface area contributed by atoms with Crippen LogP contribution in [0.4, 0.5) is 4.39 Å². The standard InChI is InChI=1S/C17H23FN2OS.ClH/c1-22-11-13-8-14(18)3-2-12(13)10-20-16(21)15-9-17(15)4-6-19-7-5-17;/h2-3,8,15,19H,4-7,9-11H2,1H3,(H,20,21);1H. The number of nitrogens with one attached hydrogen (secondary N) is 2. The minimum absolute atomic E-state index is 0. The molecule has 2 N–H and O–H groups in total. The maximum atomic E-state index is 13.3. The van der Waals surface area contributed by atoms with Crippen LogP contribution in [0, 0.1) is 17.2 Å². The highest BCUT2D eigenvalue weighted by Gasteiger charge is 2.57. The first-order valence-corrected chi connectivity index (χ1v) is 9.29. The van der Waals surface area contributed by atoms with Gasteiger partial charge in [0.05, 0.1) is 0 Å². The van der Waals surface area contributed by atoms with E-state index in [0.29, 0.717) is 6.54 Å². The van der Waals surface area contributed by atoms with Crippen molar-refractivity contribution in [1.29, 1.82) is 0 Å². The summed E-state index contributed by atoms with van der Waals surface area (Å²) in [6, 6.07) is 4.83. The molecule has 2 fully saturated rings. The Bertz CT molecular complexity index is 564. The van der Waals surface area contributed by atoms with Gasteiger partial charge in [-0.2, -0.15) is 11.8 Å². The van der Waals surface area contributed by atoms with E-state index in [2.05, 4.69) is 10.6 Å². The van der Waals surface area contributed by atoms with Crippen LogP contribution in [0.25, 0.3) is 0 Å². The number of halogens is 2.